The molecule has 4 nitrogen and oxygen atoms in total. The fourth-order valence-electron chi connectivity index (χ4n) is 1.98. The third kappa shape index (κ3) is 4.00. The third-order valence-corrected chi connectivity index (χ3v) is 3.52. The summed E-state index contributed by atoms with van der Waals surface area (Å²) >= 11 is 12.2. The number of amides is 1. The van der Waals surface area contributed by atoms with Crippen LogP contribution in [0.1, 0.15) is 12.8 Å². The van der Waals surface area contributed by atoms with Crippen LogP contribution in [0.2, 0.25) is 10.0 Å². The topological polar surface area (TPSA) is 57.6 Å². The minimum Gasteiger partial charge on any atom is -0.481 e. The summed E-state index contributed by atoms with van der Waals surface area (Å²) in [6, 6.07) is 13.7. The van der Waals surface area contributed by atoms with Crippen LogP contribution in [-0.4, -0.2) is 17.0 Å². The van der Waals surface area contributed by atoms with E-state index in [1.54, 1.807) is 42.5 Å². The molecule has 0 spiro atoms. The number of carboxylic acid groups (broad SMARTS) is 1. The monoisotopic (exact) mass is 337 g/mol. The molecule has 2 rings (SSSR count). The Hall–Kier alpha value is -2.04. The molecule has 0 saturated heterocycles. The van der Waals surface area contributed by atoms with Crippen molar-refractivity contribution in [3.05, 3.63) is 58.6 Å². The van der Waals surface area contributed by atoms with Crippen molar-refractivity contribution in [3.63, 3.8) is 0 Å². The molecule has 1 N–H and O–H groups in total. The summed E-state index contributed by atoms with van der Waals surface area (Å²) in [5.74, 6) is -1.39. The third-order valence-electron chi connectivity index (χ3n) is 2.97. The van der Waals surface area contributed by atoms with Gasteiger partial charge in [0.25, 0.3) is 0 Å². The first kappa shape index (κ1) is 16.3. The van der Waals surface area contributed by atoms with Gasteiger partial charge in [-0.15, -0.1) is 0 Å². The van der Waals surface area contributed by atoms with Gasteiger partial charge in [0.15, 0.2) is 0 Å². The number of carbonyl (C=O) groups excluding carboxylic acids is 1. The molecule has 0 aliphatic rings. The second-order valence-electron chi connectivity index (χ2n) is 4.55. The van der Waals surface area contributed by atoms with Gasteiger partial charge < -0.3 is 5.11 Å². The number of hydrogen-bond donors (Lipinski definition) is 1. The van der Waals surface area contributed by atoms with Crippen molar-refractivity contribution >= 4 is 46.5 Å². The SMILES string of the molecule is O=C(O)CCC(=O)N(c1ccccc1)c1cc(Cl)ccc1Cl. The molecule has 1 amide bonds. The van der Waals surface area contributed by atoms with Crippen LogP contribution < -0.4 is 4.90 Å². The normalized spacial score (nSPS) is 10.3. The van der Waals surface area contributed by atoms with E-state index in [-0.39, 0.29) is 18.7 Å². The van der Waals surface area contributed by atoms with Crippen LogP contribution in [0.15, 0.2) is 48.5 Å². The Labute approximate surface area is 137 Å². The van der Waals surface area contributed by atoms with E-state index in [2.05, 4.69) is 0 Å². The number of aliphatic carboxylic acids is 1. The van der Waals surface area contributed by atoms with E-state index >= 15 is 0 Å². The Morgan fingerprint density at radius 3 is 2.32 bits per heavy atom. The minimum absolute atomic E-state index is 0.132. The zero-order chi connectivity index (χ0) is 16.1. The van der Waals surface area contributed by atoms with Gasteiger partial charge in [0.2, 0.25) is 5.91 Å². The Morgan fingerprint density at radius 1 is 1.00 bits per heavy atom. The summed E-state index contributed by atoms with van der Waals surface area (Å²) < 4.78 is 0. The van der Waals surface area contributed by atoms with Crippen molar-refractivity contribution in [1.29, 1.82) is 0 Å². The standard InChI is InChI=1S/C16H13Cl2NO3/c17-11-6-7-13(18)14(10-11)19(12-4-2-1-3-5-12)15(20)8-9-16(21)22/h1-7,10H,8-9H2,(H,21,22). The number of nitrogens with zero attached hydrogens (tertiary/aromatic N) is 1. The van der Waals surface area contributed by atoms with Crippen molar-refractivity contribution in [2.75, 3.05) is 4.90 Å². The van der Waals surface area contributed by atoms with Crippen molar-refractivity contribution in [3.8, 4) is 0 Å². The molecule has 6 heteroatoms. The molecule has 0 bridgehead atoms. The van der Waals surface area contributed by atoms with Crippen LogP contribution in [0.25, 0.3) is 0 Å². The highest BCUT2D eigenvalue weighted by Gasteiger charge is 2.21. The van der Waals surface area contributed by atoms with Gasteiger partial charge in [-0.05, 0) is 30.3 Å². The second kappa shape index (κ2) is 7.29. The molecule has 0 radical (unpaired) electrons. The van der Waals surface area contributed by atoms with Gasteiger partial charge in [0.05, 0.1) is 17.1 Å². The lowest BCUT2D eigenvalue weighted by molar-refractivity contribution is -0.138. The summed E-state index contributed by atoms with van der Waals surface area (Å²) in [6.45, 7) is 0. The Morgan fingerprint density at radius 2 is 1.68 bits per heavy atom. The molecule has 22 heavy (non-hydrogen) atoms. The zero-order valence-corrected chi connectivity index (χ0v) is 13.0. The number of halogens is 2. The first-order chi connectivity index (χ1) is 10.5. The number of para-hydroxylation sites is 1. The van der Waals surface area contributed by atoms with E-state index in [1.807, 2.05) is 6.07 Å². The number of carbonyl (C=O) groups is 2. The number of rotatable bonds is 5. The maximum atomic E-state index is 12.5. The largest absolute Gasteiger partial charge is 0.481 e. The number of hydrogen-bond acceptors (Lipinski definition) is 2. The van der Waals surface area contributed by atoms with E-state index in [4.69, 9.17) is 28.3 Å². The van der Waals surface area contributed by atoms with Crippen LogP contribution in [0.5, 0.6) is 0 Å². The quantitative estimate of drug-likeness (QED) is 0.872. The second-order valence-corrected chi connectivity index (χ2v) is 5.40. The molecule has 2 aromatic rings. The molecule has 2 aromatic carbocycles. The van der Waals surface area contributed by atoms with E-state index < -0.39 is 5.97 Å². The van der Waals surface area contributed by atoms with Gasteiger partial charge >= 0.3 is 5.97 Å². The van der Waals surface area contributed by atoms with Crippen molar-refractivity contribution in [1.82, 2.24) is 0 Å². The van der Waals surface area contributed by atoms with Crippen LogP contribution in [-0.2, 0) is 9.59 Å². The average molecular weight is 338 g/mol. The van der Waals surface area contributed by atoms with Crippen LogP contribution in [0.3, 0.4) is 0 Å². The predicted octanol–water partition coefficient (Wildman–Crippen LogP) is 4.52. The van der Waals surface area contributed by atoms with Crippen LogP contribution in [0, 0.1) is 0 Å². The zero-order valence-electron chi connectivity index (χ0n) is 11.5. The number of carboxylic acids is 1. The molecule has 0 heterocycles. The maximum Gasteiger partial charge on any atom is 0.303 e. The fraction of sp³-hybridized carbons (Fsp3) is 0.125. The molecule has 0 aliphatic carbocycles. The lowest BCUT2D eigenvalue weighted by atomic mass is 10.2. The van der Waals surface area contributed by atoms with Gasteiger partial charge in [-0.1, -0.05) is 41.4 Å². The molecular formula is C16H13Cl2NO3. The molecule has 0 fully saturated rings. The summed E-state index contributed by atoms with van der Waals surface area (Å²) in [6.07, 6.45) is -0.382. The number of anilines is 2. The van der Waals surface area contributed by atoms with Gasteiger partial charge in [-0.2, -0.15) is 0 Å². The smallest absolute Gasteiger partial charge is 0.303 e. The summed E-state index contributed by atoms with van der Waals surface area (Å²) in [7, 11) is 0. The Kier molecular flexibility index (Phi) is 5.41. The lowest BCUT2D eigenvalue weighted by Crippen LogP contribution is -2.26. The molecule has 0 atom stereocenters. The van der Waals surface area contributed by atoms with Crippen molar-refractivity contribution in [2.45, 2.75) is 12.8 Å². The molecule has 0 unspecified atom stereocenters. The highest BCUT2D eigenvalue weighted by molar-refractivity contribution is 6.36. The molecule has 0 saturated carbocycles. The van der Waals surface area contributed by atoms with E-state index in [0.717, 1.165) is 0 Å². The van der Waals surface area contributed by atoms with Crippen molar-refractivity contribution < 1.29 is 14.7 Å². The van der Waals surface area contributed by atoms with Crippen LogP contribution in [0.4, 0.5) is 11.4 Å². The Balaban J connectivity index is 2.44. The van der Waals surface area contributed by atoms with E-state index in [9.17, 15) is 9.59 Å². The first-order valence-corrected chi connectivity index (χ1v) is 7.29. The highest BCUT2D eigenvalue weighted by atomic mass is 35.5. The summed E-state index contributed by atoms with van der Waals surface area (Å²) in [5, 5.41) is 9.56. The first-order valence-electron chi connectivity index (χ1n) is 6.54. The minimum atomic E-state index is -1.03. The van der Waals surface area contributed by atoms with Crippen molar-refractivity contribution in [2.24, 2.45) is 0 Å². The molecular weight excluding hydrogens is 325 g/mol. The summed E-state index contributed by atoms with van der Waals surface area (Å²) in [5.41, 5.74) is 1.03. The average Bonchev–Trinajstić information content (AvgIpc) is 2.50. The molecule has 0 aromatic heterocycles. The maximum absolute atomic E-state index is 12.5. The number of benzene rings is 2. The van der Waals surface area contributed by atoms with E-state index in [1.165, 1.54) is 4.90 Å². The Bertz CT molecular complexity index is 689. The lowest BCUT2D eigenvalue weighted by Gasteiger charge is -2.24. The summed E-state index contributed by atoms with van der Waals surface area (Å²) in [4.78, 5) is 24.6. The van der Waals surface area contributed by atoms with Gasteiger partial charge in [-0.3, -0.25) is 14.5 Å². The van der Waals surface area contributed by atoms with Gasteiger partial charge in [0.1, 0.15) is 0 Å². The van der Waals surface area contributed by atoms with E-state index in [0.29, 0.717) is 21.4 Å². The molecule has 114 valence electrons. The molecule has 0 aliphatic heterocycles. The van der Waals surface area contributed by atoms with Gasteiger partial charge in [0, 0.05) is 17.1 Å². The highest BCUT2D eigenvalue weighted by Crippen LogP contribution is 2.34. The fourth-order valence-corrected chi connectivity index (χ4v) is 2.35. The predicted molar refractivity (Wildman–Crippen MR) is 86.9 cm³/mol. The van der Waals surface area contributed by atoms with Gasteiger partial charge in [-0.25, -0.2) is 0 Å². The van der Waals surface area contributed by atoms with Crippen LogP contribution >= 0.6 is 23.2 Å².